The zero-order valence-electron chi connectivity index (χ0n) is 11.3. The SMILES string of the molecule is CCCNCCCCN(CC)CC1CCC1. The largest absolute Gasteiger partial charge is 0.317 e. The molecule has 96 valence electrons. The summed E-state index contributed by atoms with van der Waals surface area (Å²) in [6.07, 6.45) is 8.38. The van der Waals surface area contributed by atoms with Gasteiger partial charge < -0.3 is 10.2 Å². The normalized spacial score (nSPS) is 16.7. The van der Waals surface area contributed by atoms with Crippen LogP contribution in [0.25, 0.3) is 0 Å². The van der Waals surface area contributed by atoms with Crippen LogP contribution in [0.3, 0.4) is 0 Å². The lowest BCUT2D eigenvalue weighted by Gasteiger charge is -2.31. The number of hydrogen-bond donors (Lipinski definition) is 1. The Morgan fingerprint density at radius 1 is 1.12 bits per heavy atom. The highest BCUT2D eigenvalue weighted by molar-refractivity contribution is 4.73. The van der Waals surface area contributed by atoms with Gasteiger partial charge in [-0.3, -0.25) is 0 Å². The van der Waals surface area contributed by atoms with Crippen LogP contribution in [0.4, 0.5) is 0 Å². The van der Waals surface area contributed by atoms with Crippen LogP contribution < -0.4 is 5.32 Å². The maximum absolute atomic E-state index is 3.47. The lowest BCUT2D eigenvalue weighted by Crippen LogP contribution is -2.33. The molecule has 0 aromatic carbocycles. The Morgan fingerprint density at radius 2 is 1.94 bits per heavy atom. The molecule has 0 spiro atoms. The monoisotopic (exact) mass is 226 g/mol. The molecule has 16 heavy (non-hydrogen) atoms. The molecule has 1 rings (SSSR count). The molecular formula is C14H30N2. The van der Waals surface area contributed by atoms with E-state index in [1.165, 1.54) is 71.2 Å². The standard InChI is InChI=1S/C14H30N2/c1-3-10-15-11-5-6-12-16(4-2)13-14-8-7-9-14/h14-15H,3-13H2,1-2H3. The first-order valence-corrected chi connectivity index (χ1v) is 7.29. The fourth-order valence-corrected chi connectivity index (χ4v) is 2.31. The summed E-state index contributed by atoms with van der Waals surface area (Å²) in [6.45, 7) is 10.8. The van der Waals surface area contributed by atoms with E-state index in [0.717, 1.165) is 5.92 Å². The van der Waals surface area contributed by atoms with E-state index in [1.807, 2.05) is 0 Å². The predicted octanol–water partition coefficient (Wildman–Crippen LogP) is 2.89. The Kier molecular flexibility index (Phi) is 7.87. The van der Waals surface area contributed by atoms with Crippen molar-refractivity contribution in [3.63, 3.8) is 0 Å². The Balaban J connectivity index is 1.91. The molecule has 0 saturated heterocycles. The van der Waals surface area contributed by atoms with E-state index in [4.69, 9.17) is 0 Å². The van der Waals surface area contributed by atoms with E-state index in [-0.39, 0.29) is 0 Å². The summed E-state index contributed by atoms with van der Waals surface area (Å²) in [5, 5.41) is 3.47. The van der Waals surface area contributed by atoms with Crippen molar-refractivity contribution in [2.75, 3.05) is 32.7 Å². The molecule has 2 heteroatoms. The summed E-state index contributed by atoms with van der Waals surface area (Å²) in [5.74, 6) is 1.03. The minimum atomic E-state index is 1.03. The lowest BCUT2D eigenvalue weighted by atomic mass is 9.85. The summed E-state index contributed by atoms with van der Waals surface area (Å²) < 4.78 is 0. The van der Waals surface area contributed by atoms with Gasteiger partial charge in [0, 0.05) is 6.54 Å². The summed E-state index contributed by atoms with van der Waals surface area (Å²) in [5.41, 5.74) is 0. The lowest BCUT2D eigenvalue weighted by molar-refractivity contribution is 0.182. The van der Waals surface area contributed by atoms with Crippen LogP contribution in [-0.4, -0.2) is 37.6 Å². The van der Waals surface area contributed by atoms with Gasteiger partial charge >= 0.3 is 0 Å². The number of nitrogens with zero attached hydrogens (tertiary/aromatic N) is 1. The molecular weight excluding hydrogens is 196 g/mol. The summed E-state index contributed by atoms with van der Waals surface area (Å²) in [4.78, 5) is 2.64. The Bertz CT molecular complexity index is 155. The van der Waals surface area contributed by atoms with E-state index < -0.39 is 0 Å². The predicted molar refractivity (Wildman–Crippen MR) is 71.8 cm³/mol. The molecule has 0 aromatic rings. The van der Waals surface area contributed by atoms with E-state index in [9.17, 15) is 0 Å². The molecule has 0 atom stereocenters. The minimum Gasteiger partial charge on any atom is -0.317 e. The second-order valence-corrected chi connectivity index (χ2v) is 5.15. The summed E-state index contributed by atoms with van der Waals surface area (Å²) in [7, 11) is 0. The van der Waals surface area contributed by atoms with Crippen molar-refractivity contribution in [2.45, 2.75) is 52.4 Å². The maximum atomic E-state index is 3.47. The highest BCUT2D eigenvalue weighted by Gasteiger charge is 2.19. The van der Waals surface area contributed by atoms with Crippen LogP contribution in [0, 0.1) is 5.92 Å². The van der Waals surface area contributed by atoms with E-state index in [2.05, 4.69) is 24.1 Å². The van der Waals surface area contributed by atoms with Crippen LogP contribution in [0.5, 0.6) is 0 Å². The van der Waals surface area contributed by atoms with Crippen LogP contribution in [-0.2, 0) is 0 Å². The molecule has 2 nitrogen and oxygen atoms in total. The van der Waals surface area contributed by atoms with Gasteiger partial charge in [-0.05, 0) is 64.2 Å². The van der Waals surface area contributed by atoms with Crippen molar-refractivity contribution in [1.29, 1.82) is 0 Å². The van der Waals surface area contributed by atoms with Gasteiger partial charge in [-0.15, -0.1) is 0 Å². The van der Waals surface area contributed by atoms with Gasteiger partial charge in [0.2, 0.25) is 0 Å². The molecule has 1 aliphatic rings. The van der Waals surface area contributed by atoms with Crippen molar-refractivity contribution in [2.24, 2.45) is 5.92 Å². The van der Waals surface area contributed by atoms with Crippen molar-refractivity contribution >= 4 is 0 Å². The average Bonchev–Trinajstić information content (AvgIpc) is 2.25. The number of rotatable bonds is 10. The Hall–Kier alpha value is -0.0800. The molecule has 0 radical (unpaired) electrons. The zero-order chi connectivity index (χ0) is 11.6. The fourth-order valence-electron chi connectivity index (χ4n) is 2.31. The third kappa shape index (κ3) is 5.86. The second kappa shape index (κ2) is 9.00. The molecule has 1 saturated carbocycles. The zero-order valence-corrected chi connectivity index (χ0v) is 11.3. The van der Waals surface area contributed by atoms with E-state index in [1.54, 1.807) is 0 Å². The van der Waals surface area contributed by atoms with E-state index in [0.29, 0.717) is 0 Å². The van der Waals surface area contributed by atoms with E-state index >= 15 is 0 Å². The average molecular weight is 226 g/mol. The minimum absolute atomic E-state index is 1.03. The van der Waals surface area contributed by atoms with Crippen molar-refractivity contribution in [3.05, 3.63) is 0 Å². The third-order valence-electron chi connectivity index (χ3n) is 3.69. The smallest absolute Gasteiger partial charge is 0.000954 e. The molecule has 0 heterocycles. The molecule has 0 unspecified atom stereocenters. The maximum Gasteiger partial charge on any atom is 0.000954 e. The van der Waals surface area contributed by atoms with Gasteiger partial charge in [-0.2, -0.15) is 0 Å². The van der Waals surface area contributed by atoms with Crippen LogP contribution in [0.1, 0.15) is 52.4 Å². The van der Waals surface area contributed by atoms with Crippen LogP contribution in [0.2, 0.25) is 0 Å². The Labute approximate surface area is 102 Å². The quantitative estimate of drug-likeness (QED) is 0.576. The molecule has 0 amide bonds. The second-order valence-electron chi connectivity index (χ2n) is 5.15. The van der Waals surface area contributed by atoms with Gasteiger partial charge in [0.1, 0.15) is 0 Å². The molecule has 0 bridgehead atoms. The Morgan fingerprint density at radius 3 is 2.50 bits per heavy atom. The van der Waals surface area contributed by atoms with Gasteiger partial charge in [0.15, 0.2) is 0 Å². The van der Waals surface area contributed by atoms with Gasteiger partial charge in [-0.1, -0.05) is 20.3 Å². The summed E-state index contributed by atoms with van der Waals surface area (Å²) >= 11 is 0. The van der Waals surface area contributed by atoms with Crippen LogP contribution in [0.15, 0.2) is 0 Å². The molecule has 1 aliphatic carbocycles. The third-order valence-corrected chi connectivity index (χ3v) is 3.69. The van der Waals surface area contributed by atoms with Crippen molar-refractivity contribution in [1.82, 2.24) is 10.2 Å². The van der Waals surface area contributed by atoms with Crippen molar-refractivity contribution < 1.29 is 0 Å². The molecule has 0 aromatic heterocycles. The molecule has 1 N–H and O–H groups in total. The number of nitrogens with one attached hydrogen (secondary N) is 1. The van der Waals surface area contributed by atoms with Gasteiger partial charge in [-0.25, -0.2) is 0 Å². The highest BCUT2D eigenvalue weighted by atomic mass is 15.1. The number of hydrogen-bond acceptors (Lipinski definition) is 2. The number of unbranched alkanes of at least 4 members (excludes halogenated alkanes) is 1. The summed E-state index contributed by atoms with van der Waals surface area (Å²) in [6, 6.07) is 0. The molecule has 0 aliphatic heterocycles. The van der Waals surface area contributed by atoms with Gasteiger partial charge in [0.25, 0.3) is 0 Å². The first-order valence-electron chi connectivity index (χ1n) is 7.29. The van der Waals surface area contributed by atoms with Gasteiger partial charge in [0.05, 0.1) is 0 Å². The van der Waals surface area contributed by atoms with Crippen LogP contribution >= 0.6 is 0 Å². The van der Waals surface area contributed by atoms with Crippen molar-refractivity contribution in [3.8, 4) is 0 Å². The topological polar surface area (TPSA) is 15.3 Å². The first kappa shape index (κ1) is 14.0. The molecule has 1 fully saturated rings. The highest BCUT2D eigenvalue weighted by Crippen LogP contribution is 2.26. The fraction of sp³-hybridized carbons (Fsp3) is 1.00. The first-order chi connectivity index (χ1) is 7.86.